The van der Waals surface area contributed by atoms with Gasteiger partial charge in [-0.1, -0.05) is 11.6 Å². The fraction of sp³-hybridized carbons (Fsp3) is 0.211. The minimum atomic E-state index is -0.918. The van der Waals surface area contributed by atoms with E-state index >= 15 is 0 Å². The Morgan fingerprint density at radius 2 is 1.85 bits per heavy atom. The van der Waals surface area contributed by atoms with Crippen molar-refractivity contribution in [3.63, 3.8) is 0 Å². The van der Waals surface area contributed by atoms with Crippen LogP contribution in [0.25, 0.3) is 11.5 Å². The lowest BCUT2D eigenvalue weighted by Gasteiger charge is -2.25. The summed E-state index contributed by atoms with van der Waals surface area (Å²) in [5.74, 6) is -1.77. The Bertz CT molecular complexity index is 958. The summed E-state index contributed by atoms with van der Waals surface area (Å²) in [6.07, 6.45) is 0. The van der Waals surface area contributed by atoms with Crippen molar-refractivity contribution < 1.29 is 18.0 Å². The molecule has 0 aliphatic heterocycles. The summed E-state index contributed by atoms with van der Waals surface area (Å²) in [6, 6.07) is 9.43. The van der Waals surface area contributed by atoms with E-state index in [2.05, 4.69) is 10.2 Å². The first-order chi connectivity index (χ1) is 12.8. The summed E-state index contributed by atoms with van der Waals surface area (Å²) in [6.45, 7) is 3.54. The highest BCUT2D eigenvalue weighted by Crippen LogP contribution is 2.22. The summed E-state index contributed by atoms with van der Waals surface area (Å²) in [4.78, 5) is 14.1. The normalized spacial score (nSPS) is 11.0. The van der Waals surface area contributed by atoms with Gasteiger partial charge in [0.2, 0.25) is 11.8 Å². The Balaban J connectivity index is 1.82. The second-order valence-corrected chi connectivity index (χ2v) is 6.60. The molecular weight excluding hydrogens is 376 g/mol. The molecule has 0 atom stereocenters. The quantitative estimate of drug-likeness (QED) is 0.631. The van der Waals surface area contributed by atoms with Crippen molar-refractivity contribution in [3.05, 3.63) is 70.6 Å². The van der Waals surface area contributed by atoms with E-state index in [1.807, 2.05) is 0 Å². The molecule has 0 spiro atoms. The maximum atomic E-state index is 14.0. The molecule has 27 heavy (non-hydrogen) atoms. The summed E-state index contributed by atoms with van der Waals surface area (Å²) < 4.78 is 32.7. The molecule has 0 aliphatic rings. The van der Waals surface area contributed by atoms with Crippen molar-refractivity contribution in [1.82, 2.24) is 15.1 Å². The first-order valence-electron chi connectivity index (χ1n) is 8.19. The molecular formula is C19H16ClF2N3O2. The van der Waals surface area contributed by atoms with Gasteiger partial charge in [0.1, 0.15) is 11.6 Å². The molecule has 2 aromatic carbocycles. The highest BCUT2D eigenvalue weighted by molar-refractivity contribution is 6.30. The molecule has 3 rings (SSSR count). The largest absolute Gasteiger partial charge is 0.419 e. The van der Waals surface area contributed by atoms with Gasteiger partial charge >= 0.3 is 0 Å². The summed E-state index contributed by atoms with van der Waals surface area (Å²) in [5, 5.41) is 8.50. The number of hydrogen-bond acceptors (Lipinski definition) is 4. The molecule has 5 nitrogen and oxygen atoms in total. The Kier molecular flexibility index (Phi) is 5.51. The Labute approximate surface area is 159 Å². The summed E-state index contributed by atoms with van der Waals surface area (Å²) in [7, 11) is 0. The van der Waals surface area contributed by atoms with Crippen molar-refractivity contribution in [1.29, 1.82) is 0 Å². The van der Waals surface area contributed by atoms with Crippen molar-refractivity contribution in [3.8, 4) is 11.5 Å². The molecule has 140 valence electrons. The minimum absolute atomic E-state index is 0.00605. The number of carbonyl (C=O) groups excluding carboxylic acids is 1. The zero-order valence-corrected chi connectivity index (χ0v) is 15.4. The Morgan fingerprint density at radius 1 is 1.15 bits per heavy atom. The highest BCUT2D eigenvalue weighted by atomic mass is 35.5. The van der Waals surface area contributed by atoms with Crippen molar-refractivity contribution >= 4 is 17.5 Å². The number of halogens is 3. The monoisotopic (exact) mass is 391 g/mol. The molecule has 0 bridgehead atoms. The van der Waals surface area contributed by atoms with Gasteiger partial charge in [-0.25, -0.2) is 8.78 Å². The SMILES string of the molecule is CC(C)N(Cc1nnc(-c2ccc(Cl)cc2)o1)C(=O)c1ccc(F)cc1F. The molecule has 1 aromatic heterocycles. The number of aromatic nitrogens is 2. The van der Waals surface area contributed by atoms with Gasteiger partial charge in [-0.3, -0.25) is 4.79 Å². The molecule has 0 unspecified atom stereocenters. The predicted molar refractivity (Wildman–Crippen MR) is 96.1 cm³/mol. The number of carbonyl (C=O) groups is 1. The van der Waals surface area contributed by atoms with E-state index in [-0.39, 0.29) is 29.9 Å². The average Bonchev–Trinajstić information content (AvgIpc) is 3.08. The fourth-order valence-electron chi connectivity index (χ4n) is 2.48. The van der Waals surface area contributed by atoms with Crippen LogP contribution in [0.4, 0.5) is 8.78 Å². The zero-order chi connectivity index (χ0) is 19.6. The van der Waals surface area contributed by atoms with E-state index < -0.39 is 17.5 Å². The first-order valence-corrected chi connectivity index (χ1v) is 8.57. The third-order valence-electron chi connectivity index (χ3n) is 3.91. The van der Waals surface area contributed by atoms with Crippen LogP contribution in [0.2, 0.25) is 5.02 Å². The van der Waals surface area contributed by atoms with Crippen LogP contribution < -0.4 is 0 Å². The van der Waals surface area contributed by atoms with Gasteiger partial charge in [0, 0.05) is 22.7 Å². The van der Waals surface area contributed by atoms with Crippen molar-refractivity contribution in [2.45, 2.75) is 26.4 Å². The van der Waals surface area contributed by atoms with Gasteiger partial charge < -0.3 is 9.32 Å². The number of hydrogen-bond donors (Lipinski definition) is 0. The van der Waals surface area contributed by atoms with Crippen molar-refractivity contribution in [2.24, 2.45) is 0 Å². The highest BCUT2D eigenvalue weighted by Gasteiger charge is 2.24. The van der Waals surface area contributed by atoms with Gasteiger partial charge in [-0.2, -0.15) is 0 Å². The average molecular weight is 392 g/mol. The number of rotatable bonds is 5. The number of amides is 1. The standard InChI is InChI=1S/C19H16ClF2N3O2/c1-11(2)25(19(26)15-8-7-14(21)9-16(15)22)10-17-23-24-18(27-17)12-3-5-13(20)6-4-12/h3-9,11H,10H2,1-2H3. The van der Waals surface area contributed by atoms with E-state index in [1.165, 1.54) is 4.90 Å². The minimum Gasteiger partial charge on any atom is -0.419 e. The van der Waals surface area contributed by atoms with Gasteiger partial charge in [0.05, 0.1) is 12.1 Å². The smallest absolute Gasteiger partial charge is 0.257 e. The third-order valence-corrected chi connectivity index (χ3v) is 4.16. The molecule has 0 saturated carbocycles. The van der Waals surface area contributed by atoms with Crippen LogP contribution in [0.15, 0.2) is 46.9 Å². The molecule has 0 aliphatic carbocycles. The fourth-order valence-corrected chi connectivity index (χ4v) is 2.60. The van der Waals surface area contributed by atoms with Crippen LogP contribution in [-0.2, 0) is 6.54 Å². The third kappa shape index (κ3) is 4.31. The van der Waals surface area contributed by atoms with E-state index in [4.69, 9.17) is 16.0 Å². The summed E-state index contributed by atoms with van der Waals surface area (Å²) in [5.41, 5.74) is 0.465. The Morgan fingerprint density at radius 3 is 2.48 bits per heavy atom. The predicted octanol–water partition coefficient (Wildman–Crippen LogP) is 4.72. The molecule has 0 saturated heterocycles. The van der Waals surface area contributed by atoms with E-state index in [0.717, 1.165) is 12.1 Å². The molecule has 1 amide bonds. The maximum absolute atomic E-state index is 14.0. The molecule has 3 aromatic rings. The maximum Gasteiger partial charge on any atom is 0.257 e. The van der Waals surface area contributed by atoms with Crippen LogP contribution in [0.5, 0.6) is 0 Å². The number of benzene rings is 2. The summed E-state index contributed by atoms with van der Waals surface area (Å²) >= 11 is 5.86. The zero-order valence-electron chi connectivity index (χ0n) is 14.6. The van der Waals surface area contributed by atoms with Crippen LogP contribution in [-0.4, -0.2) is 27.0 Å². The molecule has 0 fully saturated rings. The van der Waals surface area contributed by atoms with Crippen molar-refractivity contribution in [2.75, 3.05) is 0 Å². The Hall–Kier alpha value is -2.80. The van der Waals surface area contributed by atoms with Gasteiger partial charge in [-0.05, 0) is 50.2 Å². The van der Waals surface area contributed by atoms with Crippen LogP contribution >= 0.6 is 11.6 Å². The lowest BCUT2D eigenvalue weighted by molar-refractivity contribution is 0.0667. The van der Waals surface area contributed by atoms with E-state index in [1.54, 1.807) is 38.1 Å². The molecule has 8 heteroatoms. The molecule has 0 N–H and O–H groups in total. The van der Waals surface area contributed by atoms with Gasteiger partial charge in [-0.15, -0.1) is 10.2 Å². The second kappa shape index (κ2) is 7.84. The number of nitrogens with zero attached hydrogens (tertiary/aromatic N) is 3. The van der Waals surface area contributed by atoms with Crippen LogP contribution in [0.3, 0.4) is 0 Å². The second-order valence-electron chi connectivity index (χ2n) is 6.16. The first kappa shape index (κ1) is 19.0. The van der Waals surface area contributed by atoms with Gasteiger partial charge in [0.25, 0.3) is 5.91 Å². The van der Waals surface area contributed by atoms with Crippen LogP contribution in [0, 0.1) is 11.6 Å². The van der Waals surface area contributed by atoms with Crippen LogP contribution in [0.1, 0.15) is 30.1 Å². The molecule has 0 radical (unpaired) electrons. The lowest BCUT2D eigenvalue weighted by Crippen LogP contribution is -2.37. The van der Waals surface area contributed by atoms with E-state index in [0.29, 0.717) is 16.7 Å². The van der Waals surface area contributed by atoms with E-state index in [9.17, 15) is 13.6 Å². The lowest BCUT2D eigenvalue weighted by atomic mass is 10.1. The molecule has 1 heterocycles. The van der Waals surface area contributed by atoms with Gasteiger partial charge in [0.15, 0.2) is 0 Å². The topological polar surface area (TPSA) is 59.2 Å².